The predicted octanol–water partition coefficient (Wildman–Crippen LogP) is 1.41. The zero-order valence-corrected chi connectivity index (χ0v) is 10.1. The molecule has 1 N–H and O–H groups in total. The van der Waals surface area contributed by atoms with E-state index in [0.717, 1.165) is 24.6 Å². The lowest BCUT2D eigenvalue weighted by atomic mass is 9.97. The summed E-state index contributed by atoms with van der Waals surface area (Å²) in [7, 11) is 0. The molecule has 2 aliphatic rings. The lowest BCUT2D eigenvalue weighted by molar-refractivity contribution is 0.0880. The average Bonchev–Trinajstić information content (AvgIpc) is 2.85. The summed E-state index contributed by atoms with van der Waals surface area (Å²) in [5.74, 6) is 1.90. The van der Waals surface area contributed by atoms with Gasteiger partial charge in [0.05, 0.1) is 0 Å². The minimum absolute atomic E-state index is 0.0781. The largest absolute Gasteiger partial charge is 0.456 e. The summed E-state index contributed by atoms with van der Waals surface area (Å²) in [5, 5.41) is 3.07. The van der Waals surface area contributed by atoms with Crippen molar-refractivity contribution in [3.05, 3.63) is 23.7 Å². The number of piperidine rings is 1. The van der Waals surface area contributed by atoms with Gasteiger partial charge in [-0.2, -0.15) is 0 Å². The number of nitrogens with zero attached hydrogens (tertiary/aromatic N) is 1. The van der Waals surface area contributed by atoms with Crippen molar-refractivity contribution in [2.45, 2.75) is 25.8 Å². The highest BCUT2D eigenvalue weighted by atomic mass is 16.3. The maximum absolute atomic E-state index is 11.9. The maximum atomic E-state index is 11.9. The van der Waals surface area contributed by atoms with Crippen LogP contribution in [0.5, 0.6) is 0 Å². The molecule has 3 rings (SSSR count). The first-order valence-corrected chi connectivity index (χ1v) is 6.30. The summed E-state index contributed by atoms with van der Waals surface area (Å²) in [6, 6.07) is 3.85. The lowest BCUT2D eigenvalue weighted by Gasteiger charge is -2.30. The van der Waals surface area contributed by atoms with Crippen LogP contribution in [0.2, 0.25) is 0 Å². The highest BCUT2D eigenvalue weighted by molar-refractivity contribution is 5.91. The van der Waals surface area contributed by atoms with Gasteiger partial charge in [0, 0.05) is 19.1 Å². The van der Waals surface area contributed by atoms with Crippen LogP contribution in [0.4, 0.5) is 0 Å². The molecule has 0 spiro atoms. The Kier molecular flexibility index (Phi) is 2.67. The molecule has 2 fully saturated rings. The summed E-state index contributed by atoms with van der Waals surface area (Å²) >= 11 is 0. The average molecular weight is 234 g/mol. The summed E-state index contributed by atoms with van der Waals surface area (Å²) < 4.78 is 5.33. The monoisotopic (exact) mass is 234 g/mol. The quantitative estimate of drug-likeness (QED) is 0.841. The number of carbonyl (C=O) groups is 1. The topological polar surface area (TPSA) is 45.5 Å². The van der Waals surface area contributed by atoms with Crippen LogP contribution < -0.4 is 5.32 Å². The Morgan fingerprint density at radius 1 is 1.47 bits per heavy atom. The van der Waals surface area contributed by atoms with Crippen molar-refractivity contribution in [3.63, 3.8) is 0 Å². The molecule has 1 amide bonds. The number of hydrogen-bond acceptors (Lipinski definition) is 3. The van der Waals surface area contributed by atoms with Crippen molar-refractivity contribution in [2.24, 2.45) is 5.92 Å². The molecule has 3 atom stereocenters. The van der Waals surface area contributed by atoms with Crippen molar-refractivity contribution in [1.29, 1.82) is 0 Å². The van der Waals surface area contributed by atoms with Crippen LogP contribution in [0.25, 0.3) is 0 Å². The fraction of sp³-hybridized carbons (Fsp3) is 0.615. The van der Waals surface area contributed by atoms with Gasteiger partial charge >= 0.3 is 0 Å². The lowest BCUT2D eigenvalue weighted by Crippen LogP contribution is -2.46. The predicted molar refractivity (Wildman–Crippen MR) is 63.9 cm³/mol. The van der Waals surface area contributed by atoms with Crippen molar-refractivity contribution < 1.29 is 9.21 Å². The first kappa shape index (κ1) is 10.8. The number of rotatable bonds is 2. The van der Waals surface area contributed by atoms with Crippen LogP contribution in [-0.4, -0.2) is 36.5 Å². The molecule has 0 radical (unpaired) electrons. The van der Waals surface area contributed by atoms with E-state index in [9.17, 15) is 4.79 Å². The summed E-state index contributed by atoms with van der Waals surface area (Å²) in [6.07, 6.45) is 2.40. The Morgan fingerprint density at radius 2 is 2.35 bits per heavy atom. The number of fused-ring (bicyclic) bond motifs is 2. The van der Waals surface area contributed by atoms with Crippen LogP contribution in [-0.2, 0) is 0 Å². The Hall–Kier alpha value is -1.29. The van der Waals surface area contributed by atoms with Gasteiger partial charge in [0.25, 0.3) is 5.91 Å². The zero-order valence-electron chi connectivity index (χ0n) is 10.1. The molecule has 4 nitrogen and oxygen atoms in total. The second-order valence-electron chi connectivity index (χ2n) is 5.23. The van der Waals surface area contributed by atoms with Crippen LogP contribution in [0.3, 0.4) is 0 Å². The summed E-state index contributed by atoms with van der Waals surface area (Å²) in [4.78, 5) is 14.4. The van der Waals surface area contributed by atoms with E-state index in [-0.39, 0.29) is 11.9 Å². The van der Waals surface area contributed by atoms with Gasteiger partial charge in [-0.15, -0.1) is 0 Å². The molecule has 0 saturated carbocycles. The van der Waals surface area contributed by atoms with E-state index in [4.69, 9.17) is 4.42 Å². The third-order valence-electron chi connectivity index (χ3n) is 3.77. The van der Waals surface area contributed by atoms with Gasteiger partial charge < -0.3 is 14.6 Å². The normalized spacial score (nSPS) is 31.5. The van der Waals surface area contributed by atoms with E-state index in [1.807, 2.05) is 13.0 Å². The molecular formula is C13H18N2O2. The Bertz CT molecular complexity index is 415. The van der Waals surface area contributed by atoms with Gasteiger partial charge in [0.2, 0.25) is 0 Å². The number of aryl methyl sites for hydroxylation is 1. The molecule has 4 heteroatoms. The standard InChI is InChI=1S/C13H18N2O2/c1-9-2-3-12(17-9)13(16)14-11-6-10-4-5-15(7-10)8-11/h2-3,10-11H,4-8H2,1H3,(H,14,16). The van der Waals surface area contributed by atoms with Crippen molar-refractivity contribution in [2.75, 3.05) is 19.6 Å². The maximum Gasteiger partial charge on any atom is 0.287 e. The van der Waals surface area contributed by atoms with Crippen LogP contribution >= 0.6 is 0 Å². The zero-order chi connectivity index (χ0) is 11.8. The number of carbonyl (C=O) groups excluding carboxylic acids is 1. The van der Waals surface area contributed by atoms with Crippen molar-refractivity contribution in [3.8, 4) is 0 Å². The molecule has 2 aliphatic heterocycles. The van der Waals surface area contributed by atoms with Crippen molar-refractivity contribution in [1.82, 2.24) is 10.2 Å². The molecule has 2 saturated heterocycles. The number of amides is 1. The van der Waals surface area contributed by atoms with E-state index >= 15 is 0 Å². The van der Waals surface area contributed by atoms with Crippen LogP contribution in [0, 0.1) is 12.8 Å². The number of hydrogen-bond donors (Lipinski definition) is 1. The van der Waals surface area contributed by atoms with Gasteiger partial charge in [-0.25, -0.2) is 0 Å². The Balaban J connectivity index is 1.62. The molecule has 92 valence electrons. The summed E-state index contributed by atoms with van der Waals surface area (Å²) in [6.45, 7) is 5.24. The van der Waals surface area contributed by atoms with E-state index in [0.29, 0.717) is 5.76 Å². The van der Waals surface area contributed by atoms with E-state index < -0.39 is 0 Å². The molecule has 3 heterocycles. The minimum Gasteiger partial charge on any atom is -0.456 e. The first-order valence-electron chi connectivity index (χ1n) is 6.30. The molecule has 2 bridgehead atoms. The third-order valence-corrected chi connectivity index (χ3v) is 3.77. The third kappa shape index (κ3) is 2.22. The molecule has 0 aliphatic carbocycles. The van der Waals surface area contributed by atoms with Gasteiger partial charge in [-0.1, -0.05) is 0 Å². The van der Waals surface area contributed by atoms with Crippen LogP contribution in [0.1, 0.15) is 29.2 Å². The Labute approximate surface area is 101 Å². The van der Waals surface area contributed by atoms with Gasteiger partial charge in [-0.3, -0.25) is 4.79 Å². The fourth-order valence-corrected chi connectivity index (χ4v) is 2.98. The molecule has 17 heavy (non-hydrogen) atoms. The molecular weight excluding hydrogens is 216 g/mol. The second-order valence-corrected chi connectivity index (χ2v) is 5.23. The molecule has 3 unspecified atom stereocenters. The highest BCUT2D eigenvalue weighted by Gasteiger charge is 2.33. The SMILES string of the molecule is Cc1ccc(C(=O)NC2CC3CCN(C3)C2)o1. The first-order chi connectivity index (χ1) is 8.20. The van der Waals surface area contributed by atoms with E-state index in [1.54, 1.807) is 6.07 Å². The Morgan fingerprint density at radius 3 is 3.06 bits per heavy atom. The van der Waals surface area contributed by atoms with Gasteiger partial charge in [0.15, 0.2) is 5.76 Å². The van der Waals surface area contributed by atoms with E-state index in [2.05, 4.69) is 10.2 Å². The highest BCUT2D eigenvalue weighted by Crippen LogP contribution is 2.26. The van der Waals surface area contributed by atoms with Gasteiger partial charge in [0.1, 0.15) is 5.76 Å². The van der Waals surface area contributed by atoms with Crippen LogP contribution in [0.15, 0.2) is 16.5 Å². The van der Waals surface area contributed by atoms with Gasteiger partial charge in [-0.05, 0) is 44.4 Å². The number of furan rings is 1. The second kappa shape index (κ2) is 4.18. The summed E-state index contributed by atoms with van der Waals surface area (Å²) in [5.41, 5.74) is 0. The van der Waals surface area contributed by atoms with E-state index in [1.165, 1.54) is 19.5 Å². The smallest absolute Gasteiger partial charge is 0.287 e. The molecule has 1 aromatic rings. The molecule has 0 aromatic carbocycles. The number of nitrogens with one attached hydrogen (secondary N) is 1. The minimum atomic E-state index is -0.0781. The fourth-order valence-electron chi connectivity index (χ4n) is 2.98. The molecule has 1 aromatic heterocycles. The van der Waals surface area contributed by atoms with Crippen molar-refractivity contribution >= 4 is 5.91 Å².